The molecule has 0 saturated carbocycles. The number of fused-ring (bicyclic) bond motifs is 1. The minimum Gasteiger partial charge on any atom is -0.361 e. The second kappa shape index (κ2) is 8.71. The van der Waals surface area contributed by atoms with Crippen molar-refractivity contribution in [1.29, 1.82) is 0 Å². The van der Waals surface area contributed by atoms with Crippen LogP contribution in [0.1, 0.15) is 27.6 Å². The fourth-order valence-electron chi connectivity index (χ4n) is 4.04. The predicted molar refractivity (Wildman–Crippen MR) is 122 cm³/mol. The summed E-state index contributed by atoms with van der Waals surface area (Å²) < 4.78 is 0. The molecule has 5 nitrogen and oxygen atoms in total. The van der Waals surface area contributed by atoms with E-state index in [1.807, 2.05) is 49.6 Å². The van der Waals surface area contributed by atoms with E-state index >= 15 is 0 Å². The number of para-hydroxylation sites is 1. The van der Waals surface area contributed by atoms with Gasteiger partial charge in [-0.05, 0) is 66.6 Å². The zero-order chi connectivity index (χ0) is 21.1. The summed E-state index contributed by atoms with van der Waals surface area (Å²) >= 11 is 1.66. The molecule has 2 N–H and O–H groups in total. The minimum absolute atomic E-state index is 0.00776. The van der Waals surface area contributed by atoms with Crippen LogP contribution in [-0.2, 0) is 16.0 Å². The number of amides is 2. The van der Waals surface area contributed by atoms with Crippen LogP contribution in [0.4, 0.5) is 11.4 Å². The Balaban J connectivity index is 1.45. The van der Waals surface area contributed by atoms with Crippen LogP contribution in [0.2, 0.25) is 0 Å². The molecule has 0 fully saturated rings. The van der Waals surface area contributed by atoms with Crippen molar-refractivity contribution in [3.8, 4) is 0 Å². The molecule has 0 aliphatic carbocycles. The molecule has 1 aliphatic rings. The first-order chi connectivity index (χ1) is 14.5. The first kappa shape index (κ1) is 20.2. The van der Waals surface area contributed by atoms with Crippen molar-refractivity contribution >= 4 is 34.5 Å². The SMILES string of the molecule is Cc1cc(C)cc(NC(=O)C(=O)NC[C@H](c2cccs2)N2CCc3ccccc32)c1. The van der Waals surface area contributed by atoms with Crippen LogP contribution in [0.5, 0.6) is 0 Å². The molecule has 1 atom stereocenters. The molecule has 1 aliphatic heterocycles. The summed E-state index contributed by atoms with van der Waals surface area (Å²) in [6.07, 6.45) is 0.985. The largest absolute Gasteiger partial charge is 0.361 e. The number of carbonyl (C=O) groups is 2. The van der Waals surface area contributed by atoms with Crippen LogP contribution >= 0.6 is 11.3 Å². The molecule has 0 saturated heterocycles. The predicted octanol–water partition coefficient (Wildman–Crippen LogP) is 4.22. The van der Waals surface area contributed by atoms with E-state index in [1.54, 1.807) is 11.3 Å². The van der Waals surface area contributed by atoms with Crippen molar-refractivity contribution < 1.29 is 9.59 Å². The van der Waals surface area contributed by atoms with Gasteiger partial charge >= 0.3 is 11.8 Å². The summed E-state index contributed by atoms with van der Waals surface area (Å²) in [6, 6.07) is 18.2. The Bertz CT molecular complexity index is 1040. The van der Waals surface area contributed by atoms with E-state index in [1.165, 1.54) is 16.1 Å². The van der Waals surface area contributed by atoms with Crippen LogP contribution in [0.25, 0.3) is 0 Å². The number of anilines is 2. The third-order valence-corrected chi connectivity index (χ3v) is 6.29. The molecular formula is C24H25N3O2S. The van der Waals surface area contributed by atoms with Gasteiger partial charge in [0, 0.05) is 29.3 Å². The van der Waals surface area contributed by atoms with Crippen LogP contribution in [0.15, 0.2) is 60.0 Å². The van der Waals surface area contributed by atoms with Crippen molar-refractivity contribution in [2.45, 2.75) is 26.3 Å². The third-order valence-electron chi connectivity index (χ3n) is 5.31. The highest BCUT2D eigenvalue weighted by Gasteiger charge is 2.28. The van der Waals surface area contributed by atoms with Crippen LogP contribution in [0, 0.1) is 13.8 Å². The number of carbonyl (C=O) groups excluding carboxylic acids is 2. The number of thiophene rings is 1. The molecule has 1 aromatic heterocycles. The van der Waals surface area contributed by atoms with E-state index < -0.39 is 11.8 Å². The second-order valence-electron chi connectivity index (χ2n) is 7.64. The number of rotatable bonds is 5. The Labute approximate surface area is 180 Å². The lowest BCUT2D eigenvalue weighted by molar-refractivity contribution is -0.136. The molecule has 0 spiro atoms. The number of benzene rings is 2. The van der Waals surface area contributed by atoms with E-state index in [0.717, 1.165) is 24.1 Å². The van der Waals surface area contributed by atoms with Gasteiger partial charge in [0.25, 0.3) is 0 Å². The van der Waals surface area contributed by atoms with Crippen LogP contribution in [-0.4, -0.2) is 24.9 Å². The average Bonchev–Trinajstić information content (AvgIpc) is 3.38. The Morgan fingerprint density at radius 1 is 1.03 bits per heavy atom. The van der Waals surface area contributed by atoms with Crippen molar-refractivity contribution in [3.63, 3.8) is 0 Å². The molecule has 154 valence electrons. The normalized spacial score (nSPS) is 13.6. The average molecular weight is 420 g/mol. The Hall–Kier alpha value is -3.12. The highest BCUT2D eigenvalue weighted by atomic mass is 32.1. The molecular weight excluding hydrogens is 394 g/mol. The van der Waals surface area contributed by atoms with E-state index in [-0.39, 0.29) is 6.04 Å². The van der Waals surface area contributed by atoms with E-state index in [0.29, 0.717) is 12.2 Å². The fourth-order valence-corrected chi connectivity index (χ4v) is 4.88. The molecule has 0 unspecified atom stereocenters. The van der Waals surface area contributed by atoms with Crippen LogP contribution in [0.3, 0.4) is 0 Å². The lowest BCUT2D eigenvalue weighted by Crippen LogP contribution is -2.41. The quantitative estimate of drug-likeness (QED) is 0.609. The number of hydrogen-bond donors (Lipinski definition) is 2. The van der Waals surface area contributed by atoms with Gasteiger partial charge in [-0.3, -0.25) is 9.59 Å². The third kappa shape index (κ3) is 4.39. The molecule has 2 heterocycles. The highest BCUT2D eigenvalue weighted by Crippen LogP contribution is 2.36. The van der Waals surface area contributed by atoms with E-state index in [9.17, 15) is 9.59 Å². The molecule has 4 rings (SSSR count). The van der Waals surface area contributed by atoms with E-state index in [4.69, 9.17) is 0 Å². The smallest absolute Gasteiger partial charge is 0.313 e. The number of nitrogens with zero attached hydrogens (tertiary/aromatic N) is 1. The molecule has 0 radical (unpaired) electrons. The summed E-state index contributed by atoms with van der Waals surface area (Å²) in [5.41, 5.74) is 5.23. The first-order valence-corrected chi connectivity index (χ1v) is 10.9. The van der Waals surface area contributed by atoms with Gasteiger partial charge in [-0.25, -0.2) is 0 Å². The Morgan fingerprint density at radius 2 is 1.80 bits per heavy atom. The fraction of sp³-hybridized carbons (Fsp3) is 0.250. The zero-order valence-corrected chi connectivity index (χ0v) is 18.0. The zero-order valence-electron chi connectivity index (χ0n) is 17.1. The maximum atomic E-state index is 12.5. The van der Waals surface area contributed by atoms with Gasteiger partial charge in [-0.2, -0.15) is 0 Å². The topological polar surface area (TPSA) is 61.4 Å². The molecule has 2 aromatic carbocycles. The monoisotopic (exact) mass is 419 g/mol. The van der Waals surface area contributed by atoms with Crippen LogP contribution < -0.4 is 15.5 Å². The lowest BCUT2D eigenvalue weighted by Gasteiger charge is -2.30. The lowest BCUT2D eigenvalue weighted by atomic mass is 10.1. The first-order valence-electron chi connectivity index (χ1n) is 10.1. The van der Waals surface area contributed by atoms with Gasteiger partial charge in [0.2, 0.25) is 0 Å². The van der Waals surface area contributed by atoms with Gasteiger partial charge < -0.3 is 15.5 Å². The maximum absolute atomic E-state index is 12.5. The molecule has 2 amide bonds. The van der Waals surface area contributed by atoms with Crippen molar-refractivity contribution in [2.75, 3.05) is 23.3 Å². The summed E-state index contributed by atoms with van der Waals surface area (Å²) in [6.45, 7) is 5.19. The van der Waals surface area contributed by atoms with E-state index in [2.05, 4.69) is 39.8 Å². The standard InChI is InChI=1S/C24H25N3O2S/c1-16-12-17(2)14-19(13-16)26-24(29)23(28)25-15-21(22-8-5-11-30-22)27-10-9-18-6-3-4-7-20(18)27/h3-8,11-14,21H,9-10,15H2,1-2H3,(H,25,28)(H,26,29)/t21-/m1/s1. The number of aryl methyl sites for hydroxylation is 2. The van der Waals surface area contributed by atoms with Gasteiger partial charge in [-0.15, -0.1) is 11.3 Å². The second-order valence-corrected chi connectivity index (χ2v) is 8.62. The minimum atomic E-state index is -0.647. The Morgan fingerprint density at radius 3 is 2.53 bits per heavy atom. The van der Waals surface area contributed by atoms with Gasteiger partial charge in [-0.1, -0.05) is 30.3 Å². The van der Waals surface area contributed by atoms with Crippen molar-refractivity contribution in [3.05, 3.63) is 81.5 Å². The molecule has 30 heavy (non-hydrogen) atoms. The summed E-state index contributed by atoms with van der Waals surface area (Å²) in [5.74, 6) is -1.27. The molecule has 0 bridgehead atoms. The van der Waals surface area contributed by atoms with Gasteiger partial charge in [0.1, 0.15) is 0 Å². The van der Waals surface area contributed by atoms with Crippen molar-refractivity contribution in [1.82, 2.24) is 5.32 Å². The summed E-state index contributed by atoms with van der Waals surface area (Å²) in [5, 5.41) is 7.59. The molecule has 3 aromatic rings. The molecule has 6 heteroatoms. The summed E-state index contributed by atoms with van der Waals surface area (Å²) in [4.78, 5) is 28.4. The Kier molecular flexibility index (Phi) is 5.86. The van der Waals surface area contributed by atoms with Crippen molar-refractivity contribution in [2.24, 2.45) is 0 Å². The summed E-state index contributed by atoms with van der Waals surface area (Å²) in [7, 11) is 0. The number of nitrogens with one attached hydrogen (secondary N) is 2. The highest BCUT2D eigenvalue weighted by molar-refractivity contribution is 7.10. The van der Waals surface area contributed by atoms with Gasteiger partial charge in [0.05, 0.1) is 6.04 Å². The maximum Gasteiger partial charge on any atom is 0.313 e. The van der Waals surface area contributed by atoms with Gasteiger partial charge in [0.15, 0.2) is 0 Å². The number of hydrogen-bond acceptors (Lipinski definition) is 4.